The van der Waals surface area contributed by atoms with Gasteiger partial charge in [-0.05, 0) is 24.6 Å². The highest BCUT2D eigenvalue weighted by atomic mass is 16.5. The summed E-state index contributed by atoms with van der Waals surface area (Å²) >= 11 is 0. The van der Waals surface area contributed by atoms with Crippen LogP contribution in [0.4, 0.5) is 5.69 Å². The van der Waals surface area contributed by atoms with Gasteiger partial charge in [0.2, 0.25) is 0 Å². The number of hydrogen-bond donors (Lipinski definition) is 1. The minimum Gasteiger partial charge on any atom is -0.495 e. The van der Waals surface area contributed by atoms with Crippen LogP contribution in [0.5, 0.6) is 5.75 Å². The minimum absolute atomic E-state index is 0.0755. The lowest BCUT2D eigenvalue weighted by atomic mass is 9.96. The predicted octanol–water partition coefficient (Wildman–Crippen LogP) is 3.68. The Morgan fingerprint density at radius 1 is 1.27 bits per heavy atom. The molecule has 4 aromatic rings. The van der Waals surface area contributed by atoms with Crippen LogP contribution in [0.2, 0.25) is 0 Å². The van der Waals surface area contributed by atoms with E-state index in [1.54, 1.807) is 19.4 Å². The van der Waals surface area contributed by atoms with Gasteiger partial charge in [-0.3, -0.25) is 4.68 Å². The second-order valence-corrected chi connectivity index (χ2v) is 8.06. The Balaban J connectivity index is 1.42. The van der Waals surface area contributed by atoms with Gasteiger partial charge in [0.1, 0.15) is 29.4 Å². The maximum absolute atomic E-state index is 9.67. The number of H-pyrrole nitrogens is 1. The van der Waals surface area contributed by atoms with E-state index in [9.17, 15) is 10.5 Å². The fraction of sp³-hybridized carbons (Fsp3) is 0.292. The number of hydrogen-bond acceptors (Lipinski definition) is 7. The summed E-state index contributed by atoms with van der Waals surface area (Å²) in [6, 6.07) is 12.1. The van der Waals surface area contributed by atoms with Crippen LogP contribution in [-0.2, 0) is 0 Å². The molecule has 9 nitrogen and oxygen atoms in total. The van der Waals surface area contributed by atoms with Crippen molar-refractivity contribution in [2.75, 3.05) is 25.1 Å². The number of methoxy groups -OCH3 is 1. The number of anilines is 1. The average molecular weight is 438 g/mol. The summed E-state index contributed by atoms with van der Waals surface area (Å²) in [5.74, 6) is 0.789. The smallest absolute Gasteiger partial charge is 0.141 e. The fourth-order valence-corrected chi connectivity index (χ4v) is 4.70. The highest BCUT2D eigenvalue weighted by Crippen LogP contribution is 2.37. The summed E-state index contributed by atoms with van der Waals surface area (Å²) in [5, 5.41) is 24.8. The highest BCUT2D eigenvalue weighted by Gasteiger charge is 2.32. The van der Waals surface area contributed by atoms with Gasteiger partial charge in [-0.15, -0.1) is 0 Å². The largest absolute Gasteiger partial charge is 0.495 e. The third-order valence-corrected chi connectivity index (χ3v) is 6.31. The molecule has 0 radical (unpaired) electrons. The number of ether oxygens (including phenoxy) is 1. The topological polar surface area (TPSA) is 119 Å². The molecule has 1 saturated heterocycles. The number of aromatic nitrogens is 5. The molecule has 5 rings (SSSR count). The number of fused-ring (bicyclic) bond motifs is 1. The number of nitrogens with one attached hydrogen (secondary N) is 1. The molecule has 0 aliphatic carbocycles. The molecule has 1 fully saturated rings. The SMILES string of the molecule is COc1cccc(N2CCC([C@H](CC#N)n3cc(-c4ncnc5[nH]ccc45)cn3)C2)c1C#N. The van der Waals surface area contributed by atoms with Crippen molar-refractivity contribution in [1.82, 2.24) is 24.7 Å². The predicted molar refractivity (Wildman–Crippen MR) is 122 cm³/mol. The van der Waals surface area contributed by atoms with Gasteiger partial charge >= 0.3 is 0 Å². The van der Waals surface area contributed by atoms with Crippen LogP contribution in [0.15, 0.2) is 49.2 Å². The summed E-state index contributed by atoms with van der Waals surface area (Å²) in [6.45, 7) is 1.54. The molecule has 0 spiro atoms. The summed E-state index contributed by atoms with van der Waals surface area (Å²) in [6.07, 6.45) is 8.39. The standard InChI is InChI=1S/C24H22N8O/c1-33-22-4-2-3-21(19(22)11-26)31-10-7-16(13-31)20(5-8-25)32-14-17(12-30-32)23-18-6-9-27-24(18)29-15-28-23/h2-4,6,9,12,14-16,20H,5,7,10,13H2,1H3,(H,27,28,29)/t16?,20-/m0/s1. The van der Waals surface area contributed by atoms with Gasteiger partial charge in [-0.2, -0.15) is 15.6 Å². The van der Waals surface area contributed by atoms with Gasteiger partial charge in [0, 0.05) is 42.4 Å². The van der Waals surface area contributed by atoms with Gasteiger partial charge in [-0.25, -0.2) is 9.97 Å². The normalized spacial score (nSPS) is 16.5. The van der Waals surface area contributed by atoms with Crippen molar-refractivity contribution in [3.63, 3.8) is 0 Å². The van der Waals surface area contributed by atoms with Gasteiger partial charge in [0.25, 0.3) is 0 Å². The lowest BCUT2D eigenvalue weighted by Crippen LogP contribution is -2.25. The number of aromatic amines is 1. The van der Waals surface area contributed by atoms with Crippen LogP contribution in [0.25, 0.3) is 22.3 Å². The zero-order valence-corrected chi connectivity index (χ0v) is 18.1. The molecule has 0 saturated carbocycles. The zero-order valence-electron chi connectivity index (χ0n) is 18.1. The molecule has 1 aliphatic heterocycles. The number of nitrogens with zero attached hydrogens (tertiary/aromatic N) is 7. The van der Waals surface area contributed by atoms with Crippen LogP contribution in [0.1, 0.15) is 24.4 Å². The van der Waals surface area contributed by atoms with E-state index in [-0.39, 0.29) is 12.0 Å². The van der Waals surface area contributed by atoms with Crippen molar-refractivity contribution in [3.05, 3.63) is 54.7 Å². The first kappa shape index (κ1) is 20.5. The monoisotopic (exact) mass is 438 g/mol. The zero-order chi connectivity index (χ0) is 22.8. The molecular formula is C24H22N8O. The van der Waals surface area contributed by atoms with Gasteiger partial charge in [-0.1, -0.05) is 6.07 Å². The number of rotatable bonds is 6. The Morgan fingerprint density at radius 2 is 2.18 bits per heavy atom. The second-order valence-electron chi connectivity index (χ2n) is 8.06. The van der Waals surface area contributed by atoms with Crippen LogP contribution in [-0.4, -0.2) is 44.9 Å². The van der Waals surface area contributed by atoms with E-state index < -0.39 is 0 Å². The van der Waals surface area contributed by atoms with E-state index in [1.807, 2.05) is 35.3 Å². The summed E-state index contributed by atoms with van der Waals surface area (Å²) in [7, 11) is 1.57. The third-order valence-electron chi connectivity index (χ3n) is 6.31. The molecule has 164 valence electrons. The second kappa shape index (κ2) is 8.64. The Labute approximate surface area is 190 Å². The van der Waals surface area contributed by atoms with E-state index in [4.69, 9.17) is 4.74 Å². The first-order chi connectivity index (χ1) is 16.2. The van der Waals surface area contributed by atoms with Crippen LogP contribution in [0, 0.1) is 28.6 Å². The molecular weight excluding hydrogens is 416 g/mol. The maximum Gasteiger partial charge on any atom is 0.141 e. The fourth-order valence-electron chi connectivity index (χ4n) is 4.70. The molecule has 1 aliphatic rings. The molecule has 4 heterocycles. The number of nitriles is 2. The Bertz CT molecular complexity index is 1380. The van der Waals surface area contributed by atoms with Gasteiger partial charge < -0.3 is 14.6 Å². The van der Waals surface area contributed by atoms with E-state index in [1.165, 1.54) is 6.33 Å². The molecule has 9 heteroatoms. The van der Waals surface area contributed by atoms with Crippen molar-refractivity contribution in [3.8, 4) is 29.1 Å². The van der Waals surface area contributed by atoms with Crippen LogP contribution >= 0.6 is 0 Å². The van der Waals surface area contributed by atoms with Gasteiger partial charge in [0.05, 0.1) is 43.2 Å². The van der Waals surface area contributed by atoms with Crippen molar-refractivity contribution >= 4 is 16.7 Å². The lowest BCUT2D eigenvalue weighted by Gasteiger charge is -2.24. The van der Waals surface area contributed by atoms with E-state index in [2.05, 4.69) is 37.1 Å². The minimum atomic E-state index is -0.0755. The van der Waals surface area contributed by atoms with Crippen LogP contribution in [0.3, 0.4) is 0 Å². The third kappa shape index (κ3) is 3.64. The summed E-state index contributed by atoms with van der Waals surface area (Å²) in [4.78, 5) is 14.0. The molecule has 33 heavy (non-hydrogen) atoms. The summed E-state index contributed by atoms with van der Waals surface area (Å²) < 4.78 is 7.26. The molecule has 0 bridgehead atoms. The van der Waals surface area contributed by atoms with E-state index in [0.29, 0.717) is 17.7 Å². The molecule has 3 aromatic heterocycles. The molecule has 2 atom stereocenters. The van der Waals surface area contributed by atoms with Gasteiger partial charge in [0.15, 0.2) is 0 Å². The quantitative estimate of drug-likeness (QED) is 0.487. The molecule has 0 amide bonds. The Morgan fingerprint density at radius 3 is 3.00 bits per heavy atom. The molecule has 1 aromatic carbocycles. The summed E-state index contributed by atoms with van der Waals surface area (Å²) in [5.41, 5.74) is 3.88. The first-order valence-corrected chi connectivity index (χ1v) is 10.7. The highest BCUT2D eigenvalue weighted by molar-refractivity contribution is 5.90. The lowest BCUT2D eigenvalue weighted by molar-refractivity contribution is 0.332. The van der Waals surface area contributed by atoms with Crippen molar-refractivity contribution in [2.24, 2.45) is 5.92 Å². The van der Waals surface area contributed by atoms with Crippen molar-refractivity contribution in [2.45, 2.75) is 18.9 Å². The van der Waals surface area contributed by atoms with E-state index in [0.717, 1.165) is 47.5 Å². The van der Waals surface area contributed by atoms with Crippen LogP contribution < -0.4 is 9.64 Å². The Kier molecular flexibility index (Phi) is 5.37. The van der Waals surface area contributed by atoms with Crippen molar-refractivity contribution < 1.29 is 4.74 Å². The van der Waals surface area contributed by atoms with E-state index >= 15 is 0 Å². The maximum atomic E-state index is 9.67. The number of benzene rings is 1. The average Bonchev–Trinajstić information content (AvgIpc) is 3.62. The molecule has 1 N–H and O–H groups in total. The molecule has 1 unspecified atom stereocenters. The van der Waals surface area contributed by atoms with Crippen molar-refractivity contribution in [1.29, 1.82) is 10.5 Å². The first-order valence-electron chi connectivity index (χ1n) is 10.7. The Hall–Kier alpha value is -4.37.